The van der Waals surface area contributed by atoms with E-state index in [0.29, 0.717) is 0 Å². The van der Waals surface area contributed by atoms with E-state index in [1.165, 1.54) is 11.8 Å². The lowest BCUT2D eigenvalue weighted by molar-refractivity contribution is -0.137. The Kier molecular flexibility index (Phi) is 6.63. The van der Waals surface area contributed by atoms with Crippen molar-refractivity contribution in [1.82, 2.24) is 0 Å². The van der Waals surface area contributed by atoms with Crippen molar-refractivity contribution in [3.63, 3.8) is 0 Å². The maximum atomic E-state index is 12.7. The maximum Gasteiger partial charge on any atom is 0.416 e. The van der Waals surface area contributed by atoms with E-state index >= 15 is 0 Å². The van der Waals surface area contributed by atoms with Gasteiger partial charge >= 0.3 is 6.18 Å². The zero-order valence-electron chi connectivity index (χ0n) is 13.8. The summed E-state index contributed by atoms with van der Waals surface area (Å²) in [6, 6.07) is 10.3. The summed E-state index contributed by atoms with van der Waals surface area (Å²) >= 11 is 5.80. The fraction of sp³-hybridized carbons (Fsp3) is 0.222. The summed E-state index contributed by atoms with van der Waals surface area (Å²) in [6.45, 7) is 1.58. The molecule has 0 heterocycles. The third-order valence-electron chi connectivity index (χ3n) is 3.43. The number of aryl methyl sites for hydroxylation is 1. The number of alkyl halides is 3. The molecule has 0 aromatic heterocycles. The summed E-state index contributed by atoms with van der Waals surface area (Å²) in [5.41, 5.74) is 0.921. The molecule has 138 valence electrons. The molecule has 0 saturated carbocycles. The van der Waals surface area contributed by atoms with Crippen molar-refractivity contribution in [3.8, 4) is 0 Å². The molecule has 2 rings (SSSR count). The Morgan fingerprint density at radius 2 is 1.92 bits per heavy atom. The summed E-state index contributed by atoms with van der Waals surface area (Å²) in [6.07, 6.45) is -2.17. The van der Waals surface area contributed by atoms with Gasteiger partial charge in [0, 0.05) is 0 Å². The van der Waals surface area contributed by atoms with E-state index in [2.05, 4.69) is 10.5 Å². The summed E-state index contributed by atoms with van der Waals surface area (Å²) in [5.74, 6) is -0.676. The average Bonchev–Trinajstić information content (AvgIpc) is 2.60. The average molecular weight is 385 g/mol. The number of amides is 1. The molecule has 0 aliphatic heterocycles. The van der Waals surface area contributed by atoms with Crippen LogP contribution in [0.2, 0.25) is 5.02 Å². The smallest absolute Gasteiger partial charge is 0.386 e. The second kappa shape index (κ2) is 8.71. The molecule has 0 fully saturated rings. The Labute approximate surface area is 153 Å². The normalized spacial score (nSPS) is 11.6. The Bertz CT molecular complexity index is 790. The highest BCUT2D eigenvalue weighted by atomic mass is 35.5. The van der Waals surface area contributed by atoms with Crippen molar-refractivity contribution in [1.29, 1.82) is 0 Å². The topological polar surface area (TPSA) is 50.7 Å². The van der Waals surface area contributed by atoms with Crippen molar-refractivity contribution in [3.05, 3.63) is 64.2 Å². The Balaban J connectivity index is 1.89. The fourth-order valence-electron chi connectivity index (χ4n) is 2.02. The molecule has 2 aromatic rings. The highest BCUT2D eigenvalue weighted by Gasteiger charge is 2.31. The predicted molar refractivity (Wildman–Crippen MR) is 94.4 cm³/mol. The lowest BCUT2D eigenvalue weighted by atomic mass is 10.1. The van der Waals surface area contributed by atoms with E-state index in [0.717, 1.165) is 30.2 Å². The van der Waals surface area contributed by atoms with Crippen molar-refractivity contribution < 1.29 is 22.8 Å². The molecule has 0 spiro atoms. The molecule has 0 bridgehead atoms. The van der Waals surface area contributed by atoms with E-state index < -0.39 is 24.3 Å². The lowest BCUT2D eigenvalue weighted by Crippen LogP contribution is -2.18. The standard InChI is InChI=1S/C18H16ClF3N2O2/c1-2-12-3-5-13(6-4-12)10-23-26-11-17(25)24-16-9-14(18(20,21)22)7-8-15(16)19/h3-10H,2,11H2,1H3,(H,24,25)/b23-10-. The molecule has 1 N–H and O–H groups in total. The number of oxime groups is 1. The molecule has 2 aromatic carbocycles. The molecular weight excluding hydrogens is 369 g/mol. The first-order valence-corrected chi connectivity index (χ1v) is 8.08. The van der Waals surface area contributed by atoms with Gasteiger partial charge in [-0.05, 0) is 35.7 Å². The fourth-order valence-corrected chi connectivity index (χ4v) is 2.18. The van der Waals surface area contributed by atoms with E-state index in [1.54, 1.807) is 0 Å². The molecule has 0 atom stereocenters. The van der Waals surface area contributed by atoms with Crippen LogP contribution >= 0.6 is 11.6 Å². The SMILES string of the molecule is CCc1ccc(/C=N\OCC(=O)Nc2cc(C(F)(F)F)ccc2Cl)cc1. The van der Waals surface area contributed by atoms with Gasteiger partial charge in [-0.15, -0.1) is 0 Å². The molecular formula is C18H16ClF3N2O2. The second-order valence-electron chi connectivity index (χ2n) is 5.34. The van der Waals surface area contributed by atoms with Gasteiger partial charge in [-0.3, -0.25) is 4.79 Å². The summed E-state index contributed by atoms with van der Waals surface area (Å²) in [7, 11) is 0. The minimum atomic E-state index is -4.53. The minimum Gasteiger partial charge on any atom is -0.386 e. The lowest BCUT2D eigenvalue weighted by Gasteiger charge is -2.11. The number of anilines is 1. The molecule has 0 unspecified atom stereocenters. The van der Waals surface area contributed by atoms with Crippen LogP contribution in [0.5, 0.6) is 0 Å². The van der Waals surface area contributed by atoms with Crippen LogP contribution in [0.3, 0.4) is 0 Å². The number of benzene rings is 2. The van der Waals surface area contributed by atoms with Gasteiger partial charge in [-0.1, -0.05) is 47.9 Å². The molecule has 26 heavy (non-hydrogen) atoms. The first-order chi connectivity index (χ1) is 12.3. The number of nitrogens with one attached hydrogen (secondary N) is 1. The summed E-state index contributed by atoms with van der Waals surface area (Å²) in [5, 5.41) is 5.92. The number of carbonyl (C=O) groups excluding carboxylic acids is 1. The van der Waals surface area contributed by atoms with Crippen molar-refractivity contribution in [2.24, 2.45) is 5.16 Å². The van der Waals surface area contributed by atoms with Crippen LogP contribution in [0, 0.1) is 0 Å². The third-order valence-corrected chi connectivity index (χ3v) is 3.76. The van der Waals surface area contributed by atoms with Crippen LogP contribution in [0.25, 0.3) is 0 Å². The minimum absolute atomic E-state index is 0.00846. The van der Waals surface area contributed by atoms with Gasteiger partial charge in [-0.2, -0.15) is 13.2 Å². The number of rotatable bonds is 6. The van der Waals surface area contributed by atoms with Gasteiger partial charge in [0.1, 0.15) is 0 Å². The first-order valence-electron chi connectivity index (χ1n) is 7.70. The van der Waals surface area contributed by atoms with Crippen LogP contribution in [0.4, 0.5) is 18.9 Å². The molecule has 4 nitrogen and oxygen atoms in total. The van der Waals surface area contributed by atoms with E-state index in [4.69, 9.17) is 16.4 Å². The van der Waals surface area contributed by atoms with Crippen LogP contribution in [-0.2, 0) is 22.2 Å². The monoisotopic (exact) mass is 384 g/mol. The number of hydrogen-bond donors (Lipinski definition) is 1. The Morgan fingerprint density at radius 3 is 2.54 bits per heavy atom. The number of halogens is 4. The van der Waals surface area contributed by atoms with Crippen LogP contribution in [0.15, 0.2) is 47.6 Å². The Hall–Kier alpha value is -2.54. The molecule has 0 aliphatic rings. The van der Waals surface area contributed by atoms with Gasteiger partial charge in [0.05, 0.1) is 22.5 Å². The zero-order chi connectivity index (χ0) is 19.2. The highest BCUT2D eigenvalue weighted by molar-refractivity contribution is 6.33. The van der Waals surface area contributed by atoms with Gasteiger partial charge < -0.3 is 10.2 Å². The van der Waals surface area contributed by atoms with Gasteiger partial charge in [0.15, 0.2) is 6.61 Å². The quantitative estimate of drug-likeness (QED) is 0.568. The van der Waals surface area contributed by atoms with Crippen LogP contribution < -0.4 is 5.32 Å². The second-order valence-corrected chi connectivity index (χ2v) is 5.75. The predicted octanol–water partition coefficient (Wildman–Crippen LogP) is 4.91. The molecule has 0 saturated heterocycles. The van der Waals surface area contributed by atoms with E-state index in [9.17, 15) is 18.0 Å². The number of nitrogens with zero attached hydrogens (tertiary/aromatic N) is 1. The number of carbonyl (C=O) groups is 1. The molecule has 0 radical (unpaired) electrons. The molecule has 1 amide bonds. The van der Waals surface area contributed by atoms with Crippen molar-refractivity contribution >= 4 is 29.4 Å². The molecule has 8 heteroatoms. The Morgan fingerprint density at radius 1 is 1.23 bits per heavy atom. The van der Waals surface area contributed by atoms with E-state index in [-0.39, 0.29) is 10.7 Å². The maximum absolute atomic E-state index is 12.7. The highest BCUT2D eigenvalue weighted by Crippen LogP contribution is 2.33. The zero-order valence-corrected chi connectivity index (χ0v) is 14.6. The third kappa shape index (κ3) is 5.77. The van der Waals surface area contributed by atoms with Gasteiger partial charge in [0.25, 0.3) is 5.91 Å². The van der Waals surface area contributed by atoms with Gasteiger partial charge in [0.2, 0.25) is 0 Å². The van der Waals surface area contributed by atoms with E-state index in [1.807, 2.05) is 31.2 Å². The van der Waals surface area contributed by atoms with Gasteiger partial charge in [-0.25, -0.2) is 0 Å². The molecule has 0 aliphatic carbocycles. The summed E-state index contributed by atoms with van der Waals surface area (Å²) in [4.78, 5) is 16.6. The van der Waals surface area contributed by atoms with Crippen LogP contribution in [0.1, 0.15) is 23.6 Å². The number of hydrogen-bond acceptors (Lipinski definition) is 3. The van der Waals surface area contributed by atoms with Crippen molar-refractivity contribution in [2.45, 2.75) is 19.5 Å². The van der Waals surface area contributed by atoms with Crippen molar-refractivity contribution in [2.75, 3.05) is 11.9 Å². The summed E-state index contributed by atoms with van der Waals surface area (Å²) < 4.78 is 38.1. The van der Waals surface area contributed by atoms with Crippen LogP contribution in [-0.4, -0.2) is 18.7 Å². The largest absolute Gasteiger partial charge is 0.416 e. The first kappa shape index (κ1) is 19.8.